The van der Waals surface area contributed by atoms with E-state index in [0.717, 1.165) is 54.6 Å². The number of hydrogen-bond acceptors (Lipinski definition) is 3. The Labute approximate surface area is 155 Å². The highest BCUT2D eigenvalue weighted by atomic mass is 35.5. The van der Waals surface area contributed by atoms with E-state index in [1.54, 1.807) is 0 Å². The summed E-state index contributed by atoms with van der Waals surface area (Å²) in [5.41, 5.74) is 2.85. The van der Waals surface area contributed by atoms with E-state index in [1.807, 2.05) is 25.1 Å². The van der Waals surface area contributed by atoms with Gasteiger partial charge < -0.3 is 5.32 Å². The average molecular weight is 383 g/mol. The highest BCUT2D eigenvalue weighted by molar-refractivity contribution is 7.77. The minimum Gasteiger partial charge on any atom is -0.357 e. The van der Waals surface area contributed by atoms with Crippen molar-refractivity contribution in [3.63, 3.8) is 0 Å². The molecule has 1 unspecified atom stereocenters. The highest BCUT2D eigenvalue weighted by Gasteiger charge is 2.35. The van der Waals surface area contributed by atoms with Crippen molar-refractivity contribution in [2.24, 2.45) is 0 Å². The molecule has 2 aliphatic rings. The van der Waals surface area contributed by atoms with Gasteiger partial charge in [-0.05, 0) is 43.9 Å². The summed E-state index contributed by atoms with van der Waals surface area (Å²) in [5.74, 6) is 0.172. The van der Waals surface area contributed by atoms with Gasteiger partial charge >= 0.3 is 0 Å². The van der Waals surface area contributed by atoms with Gasteiger partial charge in [0.05, 0.1) is 16.2 Å². The molecular weight excluding hydrogens is 360 g/mol. The number of rotatable bonds is 5. The van der Waals surface area contributed by atoms with Gasteiger partial charge in [-0.2, -0.15) is 0 Å². The Bertz CT molecular complexity index is 742. The maximum absolute atomic E-state index is 11.7. The highest BCUT2D eigenvalue weighted by Crippen LogP contribution is 2.40. The Kier molecular flexibility index (Phi) is 5.63. The number of allylic oxidation sites excluding steroid dienone is 2. The van der Waals surface area contributed by atoms with Gasteiger partial charge in [-0.15, -0.1) is 0 Å². The molecule has 0 amide bonds. The lowest BCUT2D eigenvalue weighted by Crippen LogP contribution is -2.44. The summed E-state index contributed by atoms with van der Waals surface area (Å²) in [5, 5.41) is 3.82. The fraction of sp³-hybridized carbons (Fsp3) is 0.500. The lowest BCUT2D eigenvalue weighted by Gasteiger charge is -2.37. The van der Waals surface area contributed by atoms with E-state index in [1.165, 1.54) is 0 Å². The molecule has 1 saturated carbocycles. The first-order chi connectivity index (χ1) is 11.9. The van der Waals surface area contributed by atoms with Crippen LogP contribution in [0.4, 0.5) is 5.69 Å². The van der Waals surface area contributed by atoms with Crippen LogP contribution in [-0.4, -0.2) is 14.5 Å². The monoisotopic (exact) mass is 382 g/mol. The Morgan fingerprint density at radius 3 is 2.48 bits per heavy atom. The normalized spacial score (nSPS) is 21.5. The third-order valence-corrected chi connectivity index (χ3v) is 6.15. The summed E-state index contributed by atoms with van der Waals surface area (Å²) in [4.78, 5) is 11.7. The number of anilines is 1. The molecule has 1 aromatic carbocycles. The SMILES string of the molecule is CC1=C(Nc2ccc(C3(NS(=O)O)CCCCC3)cc2Cl)CCC1=O. The van der Waals surface area contributed by atoms with Crippen LogP contribution in [0.1, 0.15) is 57.4 Å². The molecule has 0 bridgehead atoms. The molecule has 136 valence electrons. The van der Waals surface area contributed by atoms with Crippen molar-refractivity contribution in [1.82, 2.24) is 4.72 Å². The minimum atomic E-state index is -2.08. The zero-order valence-electron chi connectivity index (χ0n) is 14.2. The van der Waals surface area contributed by atoms with Crippen LogP contribution in [0.15, 0.2) is 29.5 Å². The van der Waals surface area contributed by atoms with Crippen LogP contribution >= 0.6 is 11.6 Å². The quantitative estimate of drug-likeness (QED) is 0.664. The van der Waals surface area contributed by atoms with Crippen LogP contribution in [0.25, 0.3) is 0 Å². The third-order valence-electron chi connectivity index (χ3n) is 5.27. The van der Waals surface area contributed by atoms with Crippen molar-refractivity contribution in [2.75, 3.05) is 5.32 Å². The van der Waals surface area contributed by atoms with Gasteiger partial charge in [0.25, 0.3) is 0 Å². The Morgan fingerprint density at radius 2 is 1.92 bits per heavy atom. The first-order valence-corrected chi connectivity index (χ1v) is 10.1. The van der Waals surface area contributed by atoms with Crippen LogP contribution in [0, 0.1) is 0 Å². The maximum atomic E-state index is 11.7. The Balaban J connectivity index is 1.87. The van der Waals surface area contributed by atoms with Crippen molar-refractivity contribution in [2.45, 2.75) is 57.4 Å². The summed E-state index contributed by atoms with van der Waals surface area (Å²) in [6, 6.07) is 5.70. The maximum Gasteiger partial charge on any atom is 0.232 e. The number of hydrogen-bond donors (Lipinski definition) is 3. The van der Waals surface area contributed by atoms with E-state index in [2.05, 4.69) is 10.0 Å². The van der Waals surface area contributed by atoms with Crippen LogP contribution in [-0.2, 0) is 21.6 Å². The van der Waals surface area contributed by atoms with Gasteiger partial charge in [0.2, 0.25) is 11.3 Å². The van der Waals surface area contributed by atoms with Crippen molar-refractivity contribution in [3.05, 3.63) is 40.1 Å². The molecule has 25 heavy (non-hydrogen) atoms. The number of carbonyl (C=O) groups is 1. The number of halogens is 1. The second-order valence-electron chi connectivity index (χ2n) is 6.84. The minimum absolute atomic E-state index is 0.172. The van der Waals surface area contributed by atoms with Crippen molar-refractivity contribution in [1.29, 1.82) is 0 Å². The summed E-state index contributed by atoms with van der Waals surface area (Å²) < 4.78 is 23.6. The van der Waals surface area contributed by atoms with Crippen molar-refractivity contribution < 1.29 is 13.6 Å². The number of nitrogens with one attached hydrogen (secondary N) is 2. The molecule has 5 nitrogen and oxygen atoms in total. The van der Waals surface area contributed by atoms with E-state index in [4.69, 9.17) is 11.6 Å². The molecular formula is C18H23ClN2O3S. The number of benzene rings is 1. The molecule has 0 saturated heterocycles. The fourth-order valence-electron chi connectivity index (χ4n) is 3.79. The van der Waals surface area contributed by atoms with Gasteiger partial charge in [-0.3, -0.25) is 9.35 Å². The van der Waals surface area contributed by atoms with Gasteiger partial charge in [0, 0.05) is 17.7 Å². The summed E-state index contributed by atoms with van der Waals surface area (Å²) in [7, 11) is 0. The zero-order valence-corrected chi connectivity index (χ0v) is 15.8. The molecule has 0 radical (unpaired) electrons. The number of Topliss-reactive ketones (excluding diaryl/α,β-unsaturated/α-hetero) is 1. The number of ketones is 1. The van der Waals surface area contributed by atoms with Crippen molar-refractivity contribution >= 4 is 34.3 Å². The number of carbonyl (C=O) groups excluding carboxylic acids is 1. The first kappa shape index (κ1) is 18.6. The molecule has 0 aliphatic heterocycles. The predicted octanol–water partition coefficient (Wildman–Crippen LogP) is 4.27. The average Bonchev–Trinajstić information content (AvgIpc) is 2.89. The van der Waals surface area contributed by atoms with E-state index in [-0.39, 0.29) is 5.78 Å². The lowest BCUT2D eigenvalue weighted by atomic mass is 9.77. The first-order valence-electron chi connectivity index (χ1n) is 8.60. The summed E-state index contributed by atoms with van der Waals surface area (Å²) in [6.07, 6.45) is 6.02. The summed E-state index contributed by atoms with van der Waals surface area (Å²) in [6.45, 7) is 1.83. The molecule has 1 fully saturated rings. The van der Waals surface area contributed by atoms with Gasteiger partial charge in [-0.1, -0.05) is 36.9 Å². The molecule has 3 rings (SSSR count). The standard InChI is InChI=1S/C18H23ClN2O3S/c1-12-15(7-8-17(12)22)20-16-6-5-13(11-14(16)19)18(21-25(23)24)9-3-2-4-10-18/h5-6,11,20-21H,2-4,7-10H2,1H3,(H,23,24). The Morgan fingerprint density at radius 1 is 1.20 bits per heavy atom. The fourth-order valence-corrected chi connectivity index (χ4v) is 4.67. The molecule has 3 N–H and O–H groups in total. The molecule has 7 heteroatoms. The molecule has 2 aliphatic carbocycles. The van der Waals surface area contributed by atoms with Crippen LogP contribution < -0.4 is 10.0 Å². The van der Waals surface area contributed by atoms with Gasteiger partial charge in [0.1, 0.15) is 0 Å². The predicted molar refractivity (Wildman–Crippen MR) is 101 cm³/mol. The Hall–Kier alpha value is -1.21. The second kappa shape index (κ2) is 7.58. The second-order valence-corrected chi connectivity index (χ2v) is 7.95. The van der Waals surface area contributed by atoms with E-state index in [9.17, 15) is 13.6 Å². The molecule has 1 atom stereocenters. The van der Waals surface area contributed by atoms with Gasteiger partial charge in [0.15, 0.2) is 5.78 Å². The van der Waals surface area contributed by atoms with Crippen LogP contribution in [0.5, 0.6) is 0 Å². The summed E-state index contributed by atoms with van der Waals surface area (Å²) >= 11 is 4.39. The van der Waals surface area contributed by atoms with E-state index in [0.29, 0.717) is 17.9 Å². The zero-order chi connectivity index (χ0) is 18.0. The van der Waals surface area contributed by atoms with Crippen LogP contribution in [0.2, 0.25) is 5.02 Å². The molecule has 1 aromatic rings. The largest absolute Gasteiger partial charge is 0.357 e. The topological polar surface area (TPSA) is 78.4 Å². The third kappa shape index (κ3) is 3.97. The smallest absolute Gasteiger partial charge is 0.232 e. The molecule has 0 heterocycles. The van der Waals surface area contributed by atoms with E-state index >= 15 is 0 Å². The van der Waals surface area contributed by atoms with Crippen LogP contribution in [0.3, 0.4) is 0 Å². The van der Waals surface area contributed by atoms with Crippen molar-refractivity contribution in [3.8, 4) is 0 Å². The lowest BCUT2D eigenvalue weighted by molar-refractivity contribution is -0.114. The molecule has 0 spiro atoms. The molecule has 0 aromatic heterocycles. The van der Waals surface area contributed by atoms with Gasteiger partial charge in [-0.25, -0.2) is 8.93 Å². The van der Waals surface area contributed by atoms with E-state index < -0.39 is 16.8 Å².